The first-order valence-corrected chi connectivity index (χ1v) is 9.17. The van der Waals surface area contributed by atoms with Crippen molar-refractivity contribution in [2.24, 2.45) is 0 Å². The van der Waals surface area contributed by atoms with Gasteiger partial charge in [0.05, 0.1) is 6.42 Å². The average Bonchev–Trinajstić information content (AvgIpc) is 3.17. The molecule has 1 aliphatic rings. The highest BCUT2D eigenvalue weighted by molar-refractivity contribution is 5.91. The van der Waals surface area contributed by atoms with E-state index >= 15 is 0 Å². The molecular formula is C20H29N3O. The molecule has 1 aliphatic heterocycles. The molecule has 0 radical (unpaired) electrons. The zero-order valence-electron chi connectivity index (χ0n) is 15.1. The number of benzene rings is 1. The number of para-hydroxylation sites is 1. The number of H-pyrrole nitrogens is 1. The van der Waals surface area contributed by atoms with Crippen molar-refractivity contribution in [3.63, 3.8) is 0 Å². The maximum atomic E-state index is 12.6. The van der Waals surface area contributed by atoms with Gasteiger partial charge in [-0.05, 0) is 57.3 Å². The van der Waals surface area contributed by atoms with Crippen LogP contribution in [-0.2, 0) is 11.2 Å². The second-order valence-electron chi connectivity index (χ2n) is 7.08. The van der Waals surface area contributed by atoms with Crippen LogP contribution in [0, 0.1) is 13.8 Å². The molecule has 1 aromatic carbocycles. The van der Waals surface area contributed by atoms with Crippen molar-refractivity contribution >= 4 is 16.8 Å². The van der Waals surface area contributed by atoms with Gasteiger partial charge >= 0.3 is 0 Å². The molecule has 0 aliphatic carbocycles. The summed E-state index contributed by atoms with van der Waals surface area (Å²) in [6.07, 6.45) is 4.01. The highest BCUT2D eigenvalue weighted by Gasteiger charge is 2.19. The molecule has 4 heteroatoms. The molecule has 24 heavy (non-hydrogen) atoms. The van der Waals surface area contributed by atoms with Crippen LogP contribution in [0.5, 0.6) is 0 Å². The Morgan fingerprint density at radius 3 is 2.75 bits per heavy atom. The van der Waals surface area contributed by atoms with Crippen LogP contribution in [0.3, 0.4) is 0 Å². The molecule has 0 spiro atoms. The number of carbonyl (C=O) groups is 1. The summed E-state index contributed by atoms with van der Waals surface area (Å²) in [5.41, 5.74) is 4.61. The van der Waals surface area contributed by atoms with Crippen LogP contribution in [-0.4, -0.2) is 41.5 Å². The number of hydrogen-bond acceptors (Lipinski definition) is 2. The zero-order valence-corrected chi connectivity index (χ0v) is 15.1. The maximum Gasteiger partial charge on any atom is 0.224 e. The summed E-state index contributed by atoms with van der Waals surface area (Å²) >= 11 is 0. The largest absolute Gasteiger partial charge is 0.358 e. The summed E-state index contributed by atoms with van der Waals surface area (Å²) in [6.45, 7) is 9.64. The Labute approximate surface area is 144 Å². The van der Waals surface area contributed by atoms with Gasteiger partial charge in [-0.25, -0.2) is 0 Å². The number of carbonyl (C=O) groups excluding carboxylic acids is 1. The van der Waals surface area contributed by atoms with Gasteiger partial charge in [-0.3, -0.25) is 4.79 Å². The van der Waals surface area contributed by atoms with E-state index in [0.29, 0.717) is 6.42 Å². The number of aromatic nitrogens is 1. The minimum Gasteiger partial charge on any atom is -0.358 e. The Hall–Kier alpha value is -1.81. The molecule has 130 valence electrons. The number of fused-ring (bicyclic) bond motifs is 1. The number of nitrogens with zero attached hydrogens (tertiary/aromatic N) is 1. The third kappa shape index (κ3) is 3.64. The van der Waals surface area contributed by atoms with Gasteiger partial charge in [0.1, 0.15) is 0 Å². The second-order valence-corrected chi connectivity index (χ2v) is 7.08. The third-order valence-corrected chi connectivity index (χ3v) is 5.24. The van der Waals surface area contributed by atoms with Crippen molar-refractivity contribution in [3.8, 4) is 0 Å². The predicted molar refractivity (Wildman–Crippen MR) is 99.4 cm³/mol. The van der Waals surface area contributed by atoms with E-state index in [0.717, 1.165) is 29.7 Å². The third-order valence-electron chi connectivity index (χ3n) is 5.24. The lowest BCUT2D eigenvalue weighted by Gasteiger charge is -2.23. The molecule has 1 aromatic heterocycles. The van der Waals surface area contributed by atoms with E-state index in [1.54, 1.807) is 0 Å². The van der Waals surface area contributed by atoms with Crippen molar-refractivity contribution in [1.29, 1.82) is 0 Å². The Balaban J connectivity index is 1.68. The Kier molecular flexibility index (Phi) is 5.24. The van der Waals surface area contributed by atoms with Crippen LogP contribution >= 0.6 is 0 Å². The summed E-state index contributed by atoms with van der Waals surface area (Å²) in [5.74, 6) is 0.131. The van der Waals surface area contributed by atoms with Crippen LogP contribution < -0.4 is 5.32 Å². The summed E-state index contributed by atoms with van der Waals surface area (Å²) in [5, 5.41) is 4.42. The number of aromatic amines is 1. The lowest BCUT2D eigenvalue weighted by molar-refractivity contribution is -0.121. The summed E-state index contributed by atoms with van der Waals surface area (Å²) in [4.78, 5) is 18.5. The molecule has 0 saturated carbocycles. The highest BCUT2D eigenvalue weighted by atomic mass is 16.1. The van der Waals surface area contributed by atoms with E-state index in [4.69, 9.17) is 0 Å². The Morgan fingerprint density at radius 1 is 1.29 bits per heavy atom. The number of amides is 1. The van der Waals surface area contributed by atoms with Crippen LogP contribution in [0.1, 0.15) is 43.0 Å². The maximum absolute atomic E-state index is 12.6. The van der Waals surface area contributed by atoms with E-state index in [-0.39, 0.29) is 11.9 Å². The lowest BCUT2D eigenvalue weighted by atomic mass is 10.0. The van der Waals surface area contributed by atoms with Crippen LogP contribution in [0.15, 0.2) is 18.2 Å². The quantitative estimate of drug-likeness (QED) is 0.855. The van der Waals surface area contributed by atoms with Gasteiger partial charge in [0.25, 0.3) is 0 Å². The molecule has 2 aromatic rings. The smallest absolute Gasteiger partial charge is 0.224 e. The van der Waals surface area contributed by atoms with Crippen molar-refractivity contribution < 1.29 is 4.79 Å². The van der Waals surface area contributed by atoms with Gasteiger partial charge in [0, 0.05) is 29.2 Å². The zero-order chi connectivity index (χ0) is 17.1. The molecule has 2 heterocycles. The first kappa shape index (κ1) is 17.0. The van der Waals surface area contributed by atoms with Crippen LogP contribution in [0.25, 0.3) is 10.9 Å². The van der Waals surface area contributed by atoms with Crippen molar-refractivity contribution in [3.05, 3.63) is 35.0 Å². The molecule has 2 N–H and O–H groups in total. The molecule has 4 nitrogen and oxygen atoms in total. The fraction of sp³-hybridized carbons (Fsp3) is 0.550. The molecular weight excluding hydrogens is 298 g/mol. The van der Waals surface area contributed by atoms with Crippen LogP contribution in [0.2, 0.25) is 0 Å². The van der Waals surface area contributed by atoms with Crippen molar-refractivity contribution in [1.82, 2.24) is 15.2 Å². The standard InChI is InChI=1S/C20H29N3O/c1-4-16(13-23-10-5-6-11-23)22-19(24)12-18-15(3)21-20-14(2)8-7-9-17(18)20/h7-9,16,21H,4-6,10-13H2,1-3H3,(H,22,24)/t16-/m1/s1. The van der Waals surface area contributed by atoms with E-state index in [1.165, 1.54) is 36.9 Å². The van der Waals surface area contributed by atoms with Gasteiger partial charge in [-0.1, -0.05) is 25.1 Å². The predicted octanol–water partition coefficient (Wildman–Crippen LogP) is 3.32. The van der Waals surface area contributed by atoms with E-state index < -0.39 is 0 Å². The van der Waals surface area contributed by atoms with E-state index in [1.807, 2.05) is 0 Å². The van der Waals surface area contributed by atoms with Crippen LogP contribution in [0.4, 0.5) is 0 Å². The van der Waals surface area contributed by atoms with E-state index in [2.05, 4.69) is 54.2 Å². The number of rotatable bonds is 6. The molecule has 1 saturated heterocycles. The molecule has 1 amide bonds. The fourth-order valence-corrected chi connectivity index (χ4v) is 3.77. The summed E-state index contributed by atoms with van der Waals surface area (Å²) in [6, 6.07) is 6.53. The average molecular weight is 327 g/mol. The molecule has 3 rings (SSSR count). The minimum absolute atomic E-state index is 0.131. The van der Waals surface area contributed by atoms with E-state index in [9.17, 15) is 4.79 Å². The first-order valence-electron chi connectivity index (χ1n) is 9.17. The fourth-order valence-electron chi connectivity index (χ4n) is 3.77. The highest BCUT2D eigenvalue weighted by Crippen LogP contribution is 2.25. The summed E-state index contributed by atoms with van der Waals surface area (Å²) in [7, 11) is 0. The Morgan fingerprint density at radius 2 is 2.04 bits per heavy atom. The van der Waals surface area contributed by atoms with Crippen molar-refractivity contribution in [2.75, 3.05) is 19.6 Å². The second kappa shape index (κ2) is 7.39. The number of hydrogen-bond donors (Lipinski definition) is 2. The monoisotopic (exact) mass is 327 g/mol. The Bertz CT molecular complexity index is 713. The molecule has 1 atom stereocenters. The van der Waals surface area contributed by atoms with Crippen molar-refractivity contribution in [2.45, 2.75) is 52.5 Å². The first-order chi connectivity index (χ1) is 11.6. The number of nitrogens with one attached hydrogen (secondary N) is 2. The van der Waals surface area contributed by atoms with Gasteiger partial charge in [-0.2, -0.15) is 0 Å². The van der Waals surface area contributed by atoms with Gasteiger partial charge < -0.3 is 15.2 Å². The molecule has 0 unspecified atom stereocenters. The lowest BCUT2D eigenvalue weighted by Crippen LogP contribution is -2.43. The molecule has 1 fully saturated rings. The SMILES string of the molecule is CC[C@H](CN1CCCC1)NC(=O)Cc1c(C)[nH]c2c(C)cccc12. The van der Waals surface area contributed by atoms with Gasteiger partial charge in [-0.15, -0.1) is 0 Å². The molecule has 0 bridgehead atoms. The normalized spacial score (nSPS) is 16.6. The topological polar surface area (TPSA) is 48.1 Å². The minimum atomic E-state index is 0.131. The number of aryl methyl sites for hydroxylation is 2. The number of likely N-dealkylation sites (tertiary alicyclic amines) is 1. The summed E-state index contributed by atoms with van der Waals surface area (Å²) < 4.78 is 0. The van der Waals surface area contributed by atoms with Gasteiger partial charge in [0.2, 0.25) is 5.91 Å². The van der Waals surface area contributed by atoms with Gasteiger partial charge in [0.15, 0.2) is 0 Å².